The highest BCUT2D eigenvalue weighted by molar-refractivity contribution is 8.06. The molecule has 0 amide bonds. The zero-order chi connectivity index (χ0) is 26.8. The quantitative estimate of drug-likeness (QED) is 0.150. The third-order valence-corrected chi connectivity index (χ3v) is 14.8. The number of hydrogen-bond donors (Lipinski definition) is 0. The van der Waals surface area contributed by atoms with Crippen molar-refractivity contribution in [3.8, 4) is 0 Å². The summed E-state index contributed by atoms with van der Waals surface area (Å²) in [6, 6.07) is 29.9. The number of allylic oxidation sites excluding steroid dienone is 2. The first-order chi connectivity index (χ1) is 18.6. The molecule has 0 atom stereocenters. The highest BCUT2D eigenvalue weighted by Gasteiger charge is 2.43. The van der Waals surface area contributed by atoms with Crippen molar-refractivity contribution in [1.29, 1.82) is 0 Å². The molecule has 0 unspecified atom stereocenters. The molecule has 202 valence electrons. The summed E-state index contributed by atoms with van der Waals surface area (Å²) in [5.41, 5.74) is 2.51. The molecule has 1 heterocycles. The van der Waals surface area contributed by atoms with Crippen molar-refractivity contribution in [2.45, 2.75) is 65.7 Å². The highest BCUT2D eigenvalue weighted by Crippen LogP contribution is 2.64. The molecule has 3 aromatic carbocycles. The van der Waals surface area contributed by atoms with Crippen molar-refractivity contribution in [1.82, 2.24) is 0 Å². The molecule has 0 aromatic heterocycles. The Morgan fingerprint density at radius 2 is 1.18 bits per heavy atom. The molecule has 0 fully saturated rings. The van der Waals surface area contributed by atoms with Crippen LogP contribution in [0.3, 0.4) is 0 Å². The Labute approximate surface area is 229 Å². The van der Waals surface area contributed by atoms with E-state index in [1.807, 2.05) is 26.0 Å². The van der Waals surface area contributed by atoms with Gasteiger partial charge in [0.2, 0.25) is 0 Å². The van der Waals surface area contributed by atoms with Crippen LogP contribution in [0.15, 0.2) is 91.0 Å². The van der Waals surface area contributed by atoms with Gasteiger partial charge >= 0.3 is 7.60 Å². The topological polar surface area (TPSA) is 35.5 Å². The fourth-order valence-corrected chi connectivity index (χ4v) is 13.8. The van der Waals surface area contributed by atoms with Gasteiger partial charge in [0.05, 0.1) is 18.2 Å². The third kappa shape index (κ3) is 5.88. The van der Waals surface area contributed by atoms with E-state index < -0.39 is 14.5 Å². The minimum absolute atomic E-state index is 0.326. The maximum absolute atomic E-state index is 14.8. The zero-order valence-electron chi connectivity index (χ0n) is 23.1. The second kappa shape index (κ2) is 13.8. The van der Waals surface area contributed by atoms with E-state index in [-0.39, 0.29) is 0 Å². The maximum Gasteiger partial charge on any atom is 0.362 e. The van der Waals surface area contributed by atoms with Gasteiger partial charge in [0.25, 0.3) is 0 Å². The first-order valence-electron chi connectivity index (χ1n) is 14.2. The zero-order valence-corrected chi connectivity index (χ0v) is 24.9. The molecule has 0 saturated heterocycles. The molecule has 38 heavy (non-hydrogen) atoms. The first kappa shape index (κ1) is 28.8. The number of fused-ring (bicyclic) bond motifs is 1. The smallest absolute Gasteiger partial charge is 0.305 e. The average molecular weight is 549 g/mol. The van der Waals surface area contributed by atoms with Crippen LogP contribution >= 0.6 is 14.5 Å². The van der Waals surface area contributed by atoms with Gasteiger partial charge < -0.3 is 9.05 Å². The van der Waals surface area contributed by atoms with E-state index in [0.717, 1.165) is 17.9 Å². The van der Waals surface area contributed by atoms with Crippen LogP contribution in [0.1, 0.15) is 71.3 Å². The second-order valence-corrected chi connectivity index (χ2v) is 15.4. The molecule has 0 bridgehead atoms. The van der Waals surface area contributed by atoms with Crippen LogP contribution in [0.25, 0.3) is 5.57 Å². The summed E-state index contributed by atoms with van der Waals surface area (Å²) in [6.45, 7) is 4.16. The maximum atomic E-state index is 14.8. The first-order valence-corrected chi connectivity index (χ1v) is 17.5. The van der Waals surface area contributed by atoms with Gasteiger partial charge in [-0.3, -0.25) is 4.57 Å². The summed E-state index contributed by atoms with van der Waals surface area (Å²) < 4.78 is 27.1. The van der Waals surface area contributed by atoms with Gasteiger partial charge in [0, 0.05) is 0 Å². The van der Waals surface area contributed by atoms with E-state index in [4.69, 9.17) is 9.05 Å². The summed E-state index contributed by atoms with van der Waals surface area (Å²) in [6.07, 6.45) is 10.6. The van der Waals surface area contributed by atoms with Gasteiger partial charge in [-0.1, -0.05) is 124 Å². The summed E-state index contributed by atoms with van der Waals surface area (Å²) in [7, 11) is -3.60. The standard InChI is InChI=1S/C33H42O3P2/c1-4-7-8-9-10-13-20-28-27-33(38(34,35-5-2)36-6-3)37(29-21-14-11-15-22-29,30-23-16-12-17-24-30)32-26-19-18-25-31(28)32/h11-12,14-19,21-27H,4-10,13,20H2,1-3H3. The van der Waals surface area contributed by atoms with Gasteiger partial charge in [-0.2, -0.15) is 0 Å². The molecule has 0 aliphatic carbocycles. The Balaban J connectivity index is 2.03. The van der Waals surface area contributed by atoms with Gasteiger partial charge in [-0.25, -0.2) is 0 Å². The molecule has 1 aliphatic rings. The van der Waals surface area contributed by atoms with Crippen molar-refractivity contribution >= 4 is 41.0 Å². The fourth-order valence-electron chi connectivity index (χ4n) is 5.56. The number of rotatable bonds is 14. The minimum atomic E-state index is -3.60. The predicted octanol–water partition coefficient (Wildman–Crippen LogP) is 8.52. The molecule has 0 radical (unpaired) electrons. The summed E-state index contributed by atoms with van der Waals surface area (Å²) in [5, 5.41) is 4.41. The lowest BCUT2D eigenvalue weighted by Crippen LogP contribution is -2.34. The largest absolute Gasteiger partial charge is 0.362 e. The number of hydrogen-bond acceptors (Lipinski definition) is 3. The molecule has 1 aliphatic heterocycles. The summed E-state index contributed by atoms with van der Waals surface area (Å²) in [4.78, 5) is 0. The van der Waals surface area contributed by atoms with Crippen LogP contribution in [0.4, 0.5) is 0 Å². The van der Waals surface area contributed by atoms with Gasteiger partial charge in [-0.05, 0) is 66.7 Å². The third-order valence-electron chi connectivity index (χ3n) is 7.22. The molecular formula is C33H42O3P2. The van der Waals surface area contributed by atoms with Gasteiger partial charge in [0.15, 0.2) is 0 Å². The van der Waals surface area contributed by atoms with Gasteiger partial charge in [0.1, 0.15) is 0 Å². The molecule has 0 N–H and O–H groups in total. The Kier molecular flexibility index (Phi) is 10.5. The van der Waals surface area contributed by atoms with Crippen LogP contribution in [-0.2, 0) is 13.6 Å². The van der Waals surface area contributed by atoms with E-state index in [0.29, 0.717) is 13.2 Å². The lowest BCUT2D eigenvalue weighted by Gasteiger charge is -2.38. The van der Waals surface area contributed by atoms with E-state index in [9.17, 15) is 4.57 Å². The Bertz CT molecular complexity index is 1260. The van der Waals surface area contributed by atoms with Crippen molar-refractivity contribution in [3.05, 3.63) is 96.6 Å². The predicted molar refractivity (Wildman–Crippen MR) is 167 cm³/mol. The molecule has 4 rings (SSSR count). The SMILES string of the molecule is CCCCCCCCC1=CC(P(=O)(OCC)OCC)=P(c2ccccc2)(c2ccccc2)c2ccccc21. The van der Waals surface area contributed by atoms with Crippen LogP contribution in [0.2, 0.25) is 0 Å². The van der Waals surface area contributed by atoms with E-state index in [1.165, 1.54) is 59.2 Å². The van der Waals surface area contributed by atoms with Gasteiger partial charge in [-0.15, -0.1) is 0 Å². The summed E-state index contributed by atoms with van der Waals surface area (Å²) in [5.74, 6) is 0. The lowest BCUT2D eigenvalue weighted by atomic mass is 9.98. The Hall–Kier alpha value is -2.15. The molecule has 3 nitrogen and oxygen atoms in total. The van der Waals surface area contributed by atoms with Crippen molar-refractivity contribution in [2.75, 3.05) is 13.2 Å². The minimum Gasteiger partial charge on any atom is -0.305 e. The van der Waals surface area contributed by atoms with E-state index in [2.05, 4.69) is 85.8 Å². The molecule has 0 spiro atoms. The lowest BCUT2D eigenvalue weighted by molar-refractivity contribution is 0.233. The fraction of sp³-hybridized carbons (Fsp3) is 0.364. The van der Waals surface area contributed by atoms with Crippen LogP contribution in [0, 0.1) is 0 Å². The van der Waals surface area contributed by atoms with Crippen molar-refractivity contribution in [3.63, 3.8) is 0 Å². The molecule has 0 saturated carbocycles. The molecular weight excluding hydrogens is 506 g/mol. The second-order valence-electron chi connectivity index (χ2n) is 9.74. The Morgan fingerprint density at radius 1 is 0.658 bits per heavy atom. The monoisotopic (exact) mass is 548 g/mol. The van der Waals surface area contributed by atoms with Crippen molar-refractivity contribution < 1.29 is 13.6 Å². The highest BCUT2D eigenvalue weighted by atomic mass is 31.2. The number of unbranched alkanes of at least 4 members (excludes halogenated alkanes) is 5. The Morgan fingerprint density at radius 3 is 1.76 bits per heavy atom. The van der Waals surface area contributed by atoms with Crippen LogP contribution in [-0.4, -0.2) is 18.2 Å². The average Bonchev–Trinajstić information content (AvgIpc) is 2.96. The van der Waals surface area contributed by atoms with Crippen LogP contribution < -0.4 is 15.9 Å². The summed E-state index contributed by atoms with van der Waals surface area (Å²) >= 11 is 0. The van der Waals surface area contributed by atoms with Crippen molar-refractivity contribution in [2.24, 2.45) is 0 Å². The molecule has 5 heteroatoms. The van der Waals surface area contributed by atoms with E-state index in [1.54, 1.807) is 0 Å². The molecule has 3 aromatic rings. The van der Waals surface area contributed by atoms with Crippen LogP contribution in [0.5, 0.6) is 0 Å². The normalized spacial score (nSPS) is 14.7. The van der Waals surface area contributed by atoms with E-state index >= 15 is 0 Å². The number of benzene rings is 3.